The number of phenols is 15. The molecule has 0 saturated heterocycles. The van der Waals surface area contributed by atoms with E-state index in [-0.39, 0.29) is 92.8 Å². The van der Waals surface area contributed by atoms with E-state index in [4.69, 9.17) is 0 Å². The highest BCUT2D eigenvalue weighted by Crippen LogP contribution is 2.49. The van der Waals surface area contributed by atoms with Gasteiger partial charge in [-0.15, -0.1) is 0 Å². The molecule has 0 heterocycles. The van der Waals surface area contributed by atoms with Gasteiger partial charge in [-0.25, -0.2) is 0 Å². The van der Waals surface area contributed by atoms with E-state index in [1.54, 1.807) is 78.9 Å². The minimum Gasteiger partial charge on any atom is -0.508 e. The first kappa shape index (κ1) is 98.9. The zero-order chi connectivity index (χ0) is 97.6. The predicted octanol–water partition coefficient (Wildman–Crippen LogP) is 27.0. The first-order valence-corrected chi connectivity index (χ1v) is 44.6. The quantitative estimate of drug-likeness (QED) is 0.0425. The summed E-state index contributed by atoms with van der Waals surface area (Å²) < 4.78 is 0. The summed E-state index contributed by atoms with van der Waals surface area (Å²) in [5, 5.41) is 153. The molecule has 0 radical (unpaired) electrons. The summed E-state index contributed by atoms with van der Waals surface area (Å²) in [7, 11) is 0. The molecule has 0 bridgehead atoms. The molecule has 688 valence electrons. The molecule has 15 nitrogen and oxygen atoms in total. The zero-order valence-electron chi connectivity index (χ0n) is 80.5. The van der Waals surface area contributed by atoms with E-state index in [0.717, 1.165) is 211 Å². The fraction of sp³-hybridized carbons (Fsp3) is 0.237. The Morgan fingerprint density at radius 3 is 0.594 bits per heavy atom. The van der Waals surface area contributed by atoms with Crippen LogP contribution in [0, 0.1) is 159 Å². The molecule has 0 saturated carbocycles. The van der Waals surface area contributed by atoms with Gasteiger partial charge < -0.3 is 76.6 Å². The molecule has 0 aliphatic carbocycles. The van der Waals surface area contributed by atoms with Crippen molar-refractivity contribution in [3.63, 3.8) is 0 Å². The van der Waals surface area contributed by atoms with E-state index < -0.39 is 0 Å². The summed E-state index contributed by atoms with van der Waals surface area (Å²) in [5.41, 5.74) is 35.1. The maximum Gasteiger partial charge on any atom is 0.121 e. The second-order valence-electron chi connectivity index (χ2n) is 36.5. The number of phenolic OH excluding ortho intramolecular Hbond substituents is 15. The lowest BCUT2D eigenvalue weighted by atomic mass is 9.79. The molecule has 0 fully saturated rings. The summed E-state index contributed by atoms with van der Waals surface area (Å²) >= 11 is 0. The highest BCUT2D eigenvalue weighted by atomic mass is 16.3. The number of hydrogen-bond acceptors (Lipinski definition) is 15. The van der Waals surface area contributed by atoms with E-state index in [2.05, 4.69) is 0 Å². The highest BCUT2D eigenvalue weighted by Gasteiger charge is 2.31. The maximum atomic E-state index is 10.7. The second kappa shape index (κ2) is 41.2. The molecular formula is C118H126O15. The minimum atomic E-state index is -0.207. The fourth-order valence-electron chi connectivity index (χ4n) is 18.1. The zero-order valence-corrected chi connectivity index (χ0v) is 80.5. The van der Waals surface area contributed by atoms with Crippen molar-refractivity contribution in [2.45, 2.75) is 189 Å². The normalized spacial score (nSPS) is 11.2. The van der Waals surface area contributed by atoms with Gasteiger partial charge in [0, 0.05) is 46.3 Å². The van der Waals surface area contributed by atoms with Crippen molar-refractivity contribution < 1.29 is 76.6 Å². The lowest BCUT2D eigenvalue weighted by molar-refractivity contribution is 0.463. The molecule has 0 atom stereocenters. The maximum absolute atomic E-state index is 10.7. The summed E-state index contributed by atoms with van der Waals surface area (Å²) in [6, 6.07) is 69.9. The third-order valence-electron chi connectivity index (χ3n) is 25.7. The Bertz CT molecular complexity index is 6490. The summed E-state index contributed by atoms with van der Waals surface area (Å²) in [4.78, 5) is 0. The van der Waals surface area contributed by atoms with Crippen LogP contribution >= 0.6 is 0 Å². The van der Waals surface area contributed by atoms with Crippen molar-refractivity contribution >= 4 is 0 Å². The van der Waals surface area contributed by atoms with E-state index in [9.17, 15) is 76.6 Å². The molecule has 15 heteroatoms. The molecule has 0 unspecified atom stereocenters. The van der Waals surface area contributed by atoms with Crippen molar-refractivity contribution in [2.75, 3.05) is 0 Å². The van der Waals surface area contributed by atoms with Crippen molar-refractivity contribution in [3.8, 4) is 86.2 Å². The lowest BCUT2D eigenvalue weighted by Gasteiger charge is -2.25. The van der Waals surface area contributed by atoms with E-state index >= 15 is 0 Å². The molecule has 0 aromatic heterocycles. The van der Waals surface area contributed by atoms with Gasteiger partial charge in [0.05, 0.1) is 0 Å². The van der Waals surface area contributed by atoms with Crippen molar-refractivity contribution in [2.24, 2.45) is 0 Å². The van der Waals surface area contributed by atoms with Crippen molar-refractivity contribution in [3.05, 3.63) is 436 Å². The summed E-state index contributed by atoms with van der Waals surface area (Å²) in [6.45, 7) is 44.1. The van der Waals surface area contributed by atoms with Gasteiger partial charge in [0.2, 0.25) is 0 Å². The van der Waals surface area contributed by atoms with Gasteiger partial charge in [0.15, 0.2) is 0 Å². The first-order chi connectivity index (χ1) is 62.6. The SMILES string of the molecule is Cc1cc(C(c2ccc(O)cc2)c2cc(C)c(O)c(C)c2)cc(C)c1O.Cc1cc(C(c2ccc(O)cc2)c2cc(C)c(O)cc2C)c(C)cc1O.Cc1ccc(C(c2cc(C)c(O)c(C)c2)c2cc(C)c(O)c(C)c2)c(O)c1.Cc1ccc(C(c2cc(C)c(O)cc2C)c2cc(C)c(O)cc2C)c(O)c1.Cc1ccc(O)c(C(c2cc(C)c(O)cc2C)c2cc(C)c(O)cc2C)c1. The van der Waals surface area contributed by atoms with Gasteiger partial charge in [-0.05, 0) is 427 Å². The molecule has 0 aliphatic heterocycles. The van der Waals surface area contributed by atoms with Crippen LogP contribution in [-0.4, -0.2) is 76.6 Å². The largest absolute Gasteiger partial charge is 0.508 e. The fourth-order valence-corrected chi connectivity index (χ4v) is 18.1. The standard InChI is InChI=1S/3C24H26O3.2C23H24O3/c1-13-6-7-21(25)20(8-13)24(18-9-16(4)22(26)11-14(18)2)19-10-17(5)23(27)12-15(19)3;1-13-6-7-18(23(27)8-13)24(19-9-16(4)21(25)11-14(19)2)20-10-17(5)22(26)12-15(20)3;1-13-6-7-20(21(25)8-13)22(18-9-14(2)23(26)15(3)10-18)19-11-16(4)24(27)17(5)12-19;1-13-11-21(25)15(3)9-19(13)23(17-5-7-18(24)8-6-17)20-10-16(4)22(26)12-14(20)2;1-13-9-18(10-14(2)22(13)25)21(17-5-7-20(24)8-6-17)19-11-15(3)23(26)16(4)12-19/h2*6-12,24-27H,1-5H3;6-12,22,25-27H,1-5H3;5-12,23-26H,1-4H3;5-12,21,24-26H,1-4H3. The molecule has 133 heavy (non-hydrogen) atoms. The van der Waals surface area contributed by atoms with E-state index in [1.807, 2.05) is 305 Å². The van der Waals surface area contributed by atoms with Crippen molar-refractivity contribution in [1.29, 1.82) is 0 Å². The van der Waals surface area contributed by atoms with Crippen LogP contribution in [0.25, 0.3) is 0 Å². The Kier molecular flexibility index (Phi) is 30.6. The van der Waals surface area contributed by atoms with Crippen LogP contribution in [0.2, 0.25) is 0 Å². The number of aromatic hydroxyl groups is 15. The Morgan fingerprint density at radius 2 is 0.338 bits per heavy atom. The smallest absolute Gasteiger partial charge is 0.121 e. The molecular weight excluding hydrogens is 1660 g/mol. The van der Waals surface area contributed by atoms with Crippen LogP contribution < -0.4 is 0 Å². The molecule has 15 aromatic carbocycles. The Balaban J connectivity index is 0.000000160. The number of aryl methyl sites for hydroxylation is 23. The van der Waals surface area contributed by atoms with Crippen molar-refractivity contribution in [1.82, 2.24) is 0 Å². The van der Waals surface area contributed by atoms with Crippen LogP contribution in [0.1, 0.15) is 241 Å². The minimum absolute atomic E-state index is 0.0609. The van der Waals surface area contributed by atoms with Gasteiger partial charge in [0.25, 0.3) is 0 Å². The lowest BCUT2D eigenvalue weighted by Crippen LogP contribution is -2.09. The van der Waals surface area contributed by atoms with Gasteiger partial charge in [-0.1, -0.05) is 151 Å². The molecule has 0 aliphatic rings. The molecule has 15 N–H and O–H groups in total. The molecule has 15 rings (SSSR count). The van der Waals surface area contributed by atoms with E-state index in [1.165, 1.54) is 0 Å². The second-order valence-corrected chi connectivity index (χ2v) is 36.5. The molecule has 15 aromatic rings. The Hall–Kier alpha value is -14.7. The average molecular weight is 1780 g/mol. The Morgan fingerprint density at radius 1 is 0.128 bits per heavy atom. The van der Waals surface area contributed by atoms with Crippen LogP contribution in [0.3, 0.4) is 0 Å². The predicted molar refractivity (Wildman–Crippen MR) is 535 cm³/mol. The van der Waals surface area contributed by atoms with Crippen LogP contribution in [-0.2, 0) is 0 Å². The van der Waals surface area contributed by atoms with Crippen LogP contribution in [0.15, 0.2) is 224 Å². The Labute approximate surface area is 782 Å². The van der Waals surface area contributed by atoms with Gasteiger partial charge in [-0.2, -0.15) is 0 Å². The third-order valence-corrected chi connectivity index (χ3v) is 25.7. The third kappa shape index (κ3) is 22.3. The topological polar surface area (TPSA) is 303 Å². The van der Waals surface area contributed by atoms with Crippen LogP contribution in [0.5, 0.6) is 86.2 Å². The molecule has 0 spiro atoms. The summed E-state index contributed by atoms with van der Waals surface area (Å²) in [6.07, 6.45) is 0. The monoisotopic (exact) mass is 1780 g/mol. The number of benzene rings is 15. The number of rotatable bonds is 15. The number of hydrogen-bond donors (Lipinski definition) is 15. The average Bonchev–Trinajstić information content (AvgIpc) is 0.780. The van der Waals surface area contributed by atoms with E-state index in [0.29, 0.717) is 23.0 Å². The van der Waals surface area contributed by atoms with Crippen LogP contribution in [0.4, 0.5) is 0 Å². The van der Waals surface area contributed by atoms with Gasteiger partial charge in [0.1, 0.15) is 86.2 Å². The first-order valence-electron chi connectivity index (χ1n) is 44.6. The van der Waals surface area contributed by atoms with Gasteiger partial charge >= 0.3 is 0 Å². The van der Waals surface area contributed by atoms with Gasteiger partial charge in [-0.3, -0.25) is 0 Å². The molecule has 0 amide bonds. The highest BCUT2D eigenvalue weighted by molar-refractivity contribution is 5.64. The summed E-state index contributed by atoms with van der Waals surface area (Å²) in [5.74, 6) is 3.29.